The van der Waals surface area contributed by atoms with Crippen molar-refractivity contribution in [3.63, 3.8) is 0 Å². The molecule has 2 aromatic heterocycles. The molecule has 0 amide bonds. The maximum atomic E-state index is 4.75. The van der Waals surface area contributed by atoms with E-state index in [1.54, 1.807) is 0 Å². The maximum absolute atomic E-state index is 4.75. The Balaban J connectivity index is 0.00000224. The molecule has 3 nitrogen and oxygen atoms in total. The van der Waals surface area contributed by atoms with E-state index in [2.05, 4.69) is 196 Å². The van der Waals surface area contributed by atoms with Crippen LogP contribution < -0.4 is 4.90 Å². The first-order valence-corrected chi connectivity index (χ1v) is 20.3. The number of fused-ring (bicyclic) bond motifs is 3. The minimum absolute atomic E-state index is 0.564. The molecule has 0 N–H and O–H groups in total. The average Bonchev–Trinajstić information content (AvgIpc) is 3.57. The molecular formula is C54H51N3. The second-order valence-corrected chi connectivity index (χ2v) is 15.2. The maximum Gasteiger partial charge on any atom is 0.137 e. The van der Waals surface area contributed by atoms with Crippen molar-refractivity contribution >= 4 is 44.4 Å². The number of hydrogen-bond acceptors (Lipinski definition) is 2. The van der Waals surface area contributed by atoms with Crippen molar-refractivity contribution in [1.82, 2.24) is 9.55 Å². The molecule has 9 rings (SSSR count). The minimum Gasteiger partial charge on any atom is -0.310 e. The smallest absolute Gasteiger partial charge is 0.137 e. The highest BCUT2D eigenvalue weighted by atomic mass is 15.1. The van der Waals surface area contributed by atoms with E-state index in [0.29, 0.717) is 5.92 Å². The Morgan fingerprint density at radius 3 is 1.88 bits per heavy atom. The van der Waals surface area contributed by atoms with E-state index in [1.165, 1.54) is 66.4 Å². The third-order valence-corrected chi connectivity index (χ3v) is 11.4. The van der Waals surface area contributed by atoms with Crippen LogP contribution in [0.25, 0.3) is 55.5 Å². The summed E-state index contributed by atoms with van der Waals surface area (Å²) in [6.45, 7) is 15.2. The highest BCUT2D eigenvalue weighted by Crippen LogP contribution is 2.42. The van der Waals surface area contributed by atoms with Gasteiger partial charge >= 0.3 is 0 Å². The molecule has 2 heterocycles. The van der Waals surface area contributed by atoms with Crippen LogP contribution in [-0.2, 0) is 0 Å². The topological polar surface area (TPSA) is 21.1 Å². The quantitative estimate of drug-likeness (QED) is 0.162. The van der Waals surface area contributed by atoms with Gasteiger partial charge in [0.05, 0.1) is 11.0 Å². The molecule has 0 radical (unpaired) electrons. The van der Waals surface area contributed by atoms with Gasteiger partial charge in [-0.3, -0.25) is 4.57 Å². The zero-order valence-electron chi connectivity index (χ0n) is 34.2. The van der Waals surface area contributed by atoms with Gasteiger partial charge in [-0.2, -0.15) is 0 Å². The molecule has 3 heteroatoms. The van der Waals surface area contributed by atoms with Gasteiger partial charge in [0.25, 0.3) is 0 Å². The third kappa shape index (κ3) is 7.11. The van der Waals surface area contributed by atoms with Crippen LogP contribution in [-0.4, -0.2) is 9.55 Å². The highest BCUT2D eigenvalue weighted by Gasteiger charge is 2.20. The van der Waals surface area contributed by atoms with Gasteiger partial charge in [0, 0.05) is 34.0 Å². The first kappa shape index (κ1) is 37.5. The molecule has 1 aliphatic rings. The van der Waals surface area contributed by atoms with Crippen molar-refractivity contribution in [2.24, 2.45) is 5.92 Å². The third-order valence-electron chi connectivity index (χ3n) is 11.4. The van der Waals surface area contributed by atoms with Gasteiger partial charge in [-0.15, -0.1) is 0 Å². The molecular weight excluding hydrogens is 691 g/mol. The summed E-state index contributed by atoms with van der Waals surface area (Å²) in [6.07, 6.45) is 7.64. The van der Waals surface area contributed by atoms with E-state index in [0.717, 1.165) is 40.3 Å². The summed E-state index contributed by atoms with van der Waals surface area (Å²) in [4.78, 5) is 7.17. The predicted molar refractivity (Wildman–Crippen MR) is 245 cm³/mol. The van der Waals surface area contributed by atoms with Crippen molar-refractivity contribution in [3.05, 3.63) is 192 Å². The molecule has 8 aromatic rings. The lowest BCUT2D eigenvalue weighted by atomic mass is 9.86. The summed E-state index contributed by atoms with van der Waals surface area (Å²) in [6, 6.07) is 53.1. The number of pyridine rings is 1. The fourth-order valence-electron chi connectivity index (χ4n) is 8.47. The number of nitrogens with zero attached hydrogens (tertiary/aromatic N) is 3. The largest absolute Gasteiger partial charge is 0.310 e. The Bertz CT molecular complexity index is 2780. The Labute approximate surface area is 338 Å². The van der Waals surface area contributed by atoms with Gasteiger partial charge < -0.3 is 4.90 Å². The highest BCUT2D eigenvalue weighted by molar-refractivity contribution is 6.10. The van der Waals surface area contributed by atoms with Gasteiger partial charge in [-0.1, -0.05) is 123 Å². The number of aryl methyl sites for hydroxylation is 3. The SMILES string of the molecule is CC.CC1=C(c2cc(N(c3ccc(-c4ccc5c6ccccc6n(-c6ccccn6)c5c4)cc3)c3ccc(C)c(-c4ccccc4C)c3)ccc2C)C=CC(C)C1. The van der Waals surface area contributed by atoms with Gasteiger partial charge in [-0.05, 0) is 151 Å². The summed E-state index contributed by atoms with van der Waals surface area (Å²) >= 11 is 0. The summed E-state index contributed by atoms with van der Waals surface area (Å²) in [5.41, 5.74) is 18.4. The lowest BCUT2D eigenvalue weighted by Gasteiger charge is -2.28. The Morgan fingerprint density at radius 2 is 1.16 bits per heavy atom. The van der Waals surface area contributed by atoms with Crippen LogP contribution in [0.2, 0.25) is 0 Å². The Hall–Kier alpha value is -6.45. The number of anilines is 3. The summed E-state index contributed by atoms with van der Waals surface area (Å²) < 4.78 is 2.28. The van der Waals surface area contributed by atoms with E-state index in [9.17, 15) is 0 Å². The molecule has 282 valence electrons. The number of aromatic nitrogens is 2. The molecule has 57 heavy (non-hydrogen) atoms. The molecule has 0 bridgehead atoms. The van der Waals surface area contributed by atoms with Crippen LogP contribution in [0.1, 0.15) is 56.4 Å². The second-order valence-electron chi connectivity index (χ2n) is 15.2. The van der Waals surface area contributed by atoms with Crippen LogP contribution >= 0.6 is 0 Å². The van der Waals surface area contributed by atoms with E-state index >= 15 is 0 Å². The van der Waals surface area contributed by atoms with Crippen LogP contribution in [0, 0.1) is 26.7 Å². The molecule has 6 aromatic carbocycles. The summed E-state index contributed by atoms with van der Waals surface area (Å²) in [5, 5.41) is 2.45. The first-order valence-electron chi connectivity index (χ1n) is 20.3. The number of allylic oxidation sites excluding steroid dienone is 4. The Kier molecular flexibility index (Phi) is 10.5. The predicted octanol–water partition coefficient (Wildman–Crippen LogP) is 15.3. The molecule has 1 aliphatic carbocycles. The summed E-state index contributed by atoms with van der Waals surface area (Å²) in [5.74, 6) is 1.48. The number of benzene rings is 6. The Morgan fingerprint density at radius 1 is 0.544 bits per heavy atom. The van der Waals surface area contributed by atoms with Crippen LogP contribution in [0.5, 0.6) is 0 Å². The fraction of sp³-hybridized carbons (Fsp3) is 0.167. The van der Waals surface area contributed by atoms with Crippen LogP contribution in [0.3, 0.4) is 0 Å². The molecule has 1 unspecified atom stereocenters. The van der Waals surface area contributed by atoms with E-state index in [-0.39, 0.29) is 0 Å². The van der Waals surface area contributed by atoms with Crippen molar-refractivity contribution in [2.45, 2.75) is 54.9 Å². The van der Waals surface area contributed by atoms with Gasteiger partial charge in [0.1, 0.15) is 5.82 Å². The van der Waals surface area contributed by atoms with Gasteiger partial charge in [0.2, 0.25) is 0 Å². The van der Waals surface area contributed by atoms with Crippen molar-refractivity contribution in [3.8, 4) is 28.1 Å². The standard InChI is InChI=1S/C52H45N3.C2H6/c1-34-17-27-45(38(5)30-34)49-33-43(24-19-37(49)4)54(42-23-18-36(3)48(32-42)44-13-7-6-12-35(44)2)41-25-20-39(21-26-41)40-22-28-47-46-14-8-9-15-50(46)55(51(47)31-40)52-16-10-11-29-53-52;1-2/h6-29,31-34H,30H2,1-5H3;1-2H3. The molecule has 0 saturated heterocycles. The molecule has 0 fully saturated rings. The fourth-order valence-corrected chi connectivity index (χ4v) is 8.47. The minimum atomic E-state index is 0.564. The zero-order chi connectivity index (χ0) is 39.6. The van der Waals surface area contributed by atoms with Gasteiger partial charge in [-0.25, -0.2) is 4.98 Å². The monoisotopic (exact) mass is 741 g/mol. The molecule has 0 aliphatic heterocycles. The lowest BCUT2D eigenvalue weighted by molar-refractivity contribution is 0.710. The van der Waals surface area contributed by atoms with Crippen molar-refractivity contribution < 1.29 is 0 Å². The molecule has 0 saturated carbocycles. The van der Waals surface area contributed by atoms with E-state index in [4.69, 9.17) is 4.98 Å². The number of para-hydroxylation sites is 1. The lowest BCUT2D eigenvalue weighted by Crippen LogP contribution is -2.11. The summed E-state index contributed by atoms with van der Waals surface area (Å²) in [7, 11) is 0. The zero-order valence-corrected chi connectivity index (χ0v) is 34.2. The second kappa shape index (κ2) is 16.0. The van der Waals surface area contributed by atoms with Crippen molar-refractivity contribution in [2.75, 3.05) is 4.90 Å². The van der Waals surface area contributed by atoms with Crippen molar-refractivity contribution in [1.29, 1.82) is 0 Å². The first-order chi connectivity index (χ1) is 27.8. The molecule has 0 spiro atoms. The normalized spacial score (nSPS) is 13.8. The number of hydrogen-bond donors (Lipinski definition) is 0. The average molecular weight is 742 g/mol. The van der Waals surface area contributed by atoms with Crippen LogP contribution in [0.4, 0.5) is 17.1 Å². The van der Waals surface area contributed by atoms with Crippen LogP contribution in [0.15, 0.2) is 170 Å². The van der Waals surface area contributed by atoms with E-state index in [1.807, 2.05) is 26.1 Å². The molecule has 1 atom stereocenters. The van der Waals surface area contributed by atoms with Gasteiger partial charge in [0.15, 0.2) is 0 Å². The van der Waals surface area contributed by atoms with E-state index < -0.39 is 0 Å². The number of rotatable bonds is 7.